The minimum Gasteiger partial charge on any atom is -0.492 e. The van der Waals surface area contributed by atoms with Gasteiger partial charge in [-0.05, 0) is 22.3 Å². The van der Waals surface area contributed by atoms with Gasteiger partial charge in [0.1, 0.15) is 86.7 Å². The van der Waals surface area contributed by atoms with E-state index in [1.165, 1.54) is 0 Å². The topological polar surface area (TPSA) is 64.6 Å². The van der Waals surface area contributed by atoms with E-state index in [0.29, 0.717) is 52.1 Å². The van der Waals surface area contributed by atoms with Crippen molar-refractivity contribution in [3.8, 4) is 22.6 Å². The van der Waals surface area contributed by atoms with Gasteiger partial charge in [-0.1, -0.05) is 43.7 Å². The molecule has 0 fully saturated rings. The van der Waals surface area contributed by atoms with E-state index in [9.17, 15) is 18.0 Å². The SMILES string of the molecule is Bc1nc(CN2CCOc3c(B)c(B)c(-c4c(B)c(B)c(OC(F)(F)F)c(B)c4B)c(B)c3C2=O)nc(B)c1B. The van der Waals surface area contributed by atoms with Gasteiger partial charge in [-0.3, -0.25) is 4.79 Å². The molecule has 0 saturated heterocycles. The van der Waals surface area contributed by atoms with Gasteiger partial charge in [0, 0.05) is 0 Å². The summed E-state index contributed by atoms with van der Waals surface area (Å²) in [7, 11) is 18.5. The molecule has 0 saturated carbocycles. The highest BCUT2D eigenvalue weighted by atomic mass is 19.4. The minimum atomic E-state index is -4.80. The molecule has 0 radical (unpaired) electrons. The number of aromatic nitrogens is 2. The van der Waals surface area contributed by atoms with Gasteiger partial charge in [0.15, 0.2) is 15.7 Å². The Bertz CT molecular complexity index is 1520. The van der Waals surface area contributed by atoms with E-state index in [1.54, 1.807) is 36.3 Å². The molecule has 0 spiro atoms. The van der Waals surface area contributed by atoms with Crippen molar-refractivity contribution in [1.29, 1.82) is 0 Å². The van der Waals surface area contributed by atoms with E-state index in [-0.39, 0.29) is 18.2 Å². The largest absolute Gasteiger partial charge is 0.573 e. The number of fused-ring (bicyclic) bond motifs is 1. The smallest absolute Gasteiger partial charge is 0.492 e. The number of nitrogens with zero attached hydrogens (tertiary/aromatic N) is 3. The summed E-state index contributed by atoms with van der Waals surface area (Å²) in [6.07, 6.45) is -4.80. The first-order valence-corrected chi connectivity index (χ1v) is 13.3. The van der Waals surface area contributed by atoms with Crippen LogP contribution in [0, 0.1) is 0 Å². The Labute approximate surface area is 241 Å². The molecule has 194 valence electrons. The number of alkyl halides is 3. The maximum absolute atomic E-state index is 14.1. The molecule has 2 aromatic carbocycles. The Hall–Kier alpha value is -2.97. The first kappa shape index (κ1) is 30.0. The number of hydrogen-bond donors (Lipinski definition) is 0. The van der Waals surface area contributed by atoms with Crippen LogP contribution in [0.2, 0.25) is 0 Å². The third-order valence-electron chi connectivity index (χ3n) is 8.40. The number of halogens is 3. The molecule has 19 heteroatoms. The van der Waals surface area contributed by atoms with Crippen LogP contribution in [0.1, 0.15) is 16.2 Å². The number of carbonyl (C=O) groups is 1. The lowest BCUT2D eigenvalue weighted by atomic mass is 9.60. The zero-order valence-electron chi connectivity index (χ0n) is 24.8. The molecule has 4 rings (SSSR count). The van der Waals surface area contributed by atoms with Crippen LogP contribution >= 0.6 is 0 Å². The number of ether oxygens (including phenoxy) is 2. The highest BCUT2D eigenvalue weighted by Crippen LogP contribution is 2.24. The van der Waals surface area contributed by atoms with E-state index >= 15 is 0 Å². The van der Waals surface area contributed by atoms with Gasteiger partial charge in [0.25, 0.3) is 5.91 Å². The minimum absolute atomic E-state index is 0.178. The normalized spacial score (nSPS) is 13.5. The maximum Gasteiger partial charge on any atom is 0.573 e. The quantitative estimate of drug-likeness (QED) is 0.312. The van der Waals surface area contributed by atoms with Gasteiger partial charge in [0.05, 0.1) is 18.7 Å². The zero-order valence-corrected chi connectivity index (χ0v) is 24.8. The lowest BCUT2D eigenvalue weighted by molar-refractivity contribution is -0.273. The lowest BCUT2D eigenvalue weighted by Crippen LogP contribution is -2.48. The Morgan fingerprint density at radius 3 is 1.75 bits per heavy atom. The highest BCUT2D eigenvalue weighted by molar-refractivity contribution is 6.64. The molecular formula is C21H26B10F3N3O3. The third-order valence-corrected chi connectivity index (χ3v) is 8.40. The number of hydrogen-bond acceptors (Lipinski definition) is 5. The van der Waals surface area contributed by atoms with Crippen molar-refractivity contribution in [1.82, 2.24) is 14.9 Å². The molecule has 0 atom stereocenters. The van der Waals surface area contributed by atoms with Crippen LogP contribution in [0.3, 0.4) is 0 Å². The Balaban J connectivity index is 1.90. The van der Waals surface area contributed by atoms with Crippen molar-refractivity contribution >= 4 is 139 Å². The lowest BCUT2D eigenvalue weighted by Gasteiger charge is -2.28. The molecule has 1 aliphatic rings. The Kier molecular flexibility index (Phi) is 8.09. The van der Waals surface area contributed by atoms with Gasteiger partial charge in [-0.2, -0.15) is 0 Å². The molecule has 0 aliphatic carbocycles. The molecule has 0 bridgehead atoms. The van der Waals surface area contributed by atoms with Crippen LogP contribution < -0.4 is 64.4 Å². The summed E-state index contributed by atoms with van der Waals surface area (Å²) >= 11 is 0. The zero-order chi connectivity index (χ0) is 29.8. The van der Waals surface area contributed by atoms with E-state index in [0.717, 1.165) is 44.2 Å². The maximum atomic E-state index is 14.1. The summed E-state index contributed by atoms with van der Waals surface area (Å²) < 4.78 is 50.2. The molecule has 40 heavy (non-hydrogen) atoms. The molecule has 6 nitrogen and oxygen atoms in total. The first-order chi connectivity index (χ1) is 18.5. The van der Waals surface area contributed by atoms with Gasteiger partial charge < -0.3 is 14.4 Å². The van der Waals surface area contributed by atoms with E-state index in [1.807, 2.05) is 47.1 Å². The second kappa shape index (κ2) is 10.8. The van der Waals surface area contributed by atoms with Crippen LogP contribution in [0.4, 0.5) is 13.2 Å². The number of benzene rings is 2. The average Bonchev–Trinajstić information content (AvgIpc) is 3.03. The van der Waals surface area contributed by atoms with Gasteiger partial charge in [-0.15, -0.1) is 13.2 Å². The number of rotatable bonds is 4. The van der Waals surface area contributed by atoms with Crippen molar-refractivity contribution in [2.24, 2.45) is 0 Å². The fraction of sp³-hybridized carbons (Fsp3) is 0.190. The monoisotopic (exact) mass is 535 g/mol. The van der Waals surface area contributed by atoms with E-state index in [4.69, 9.17) is 4.74 Å². The molecular weight excluding hydrogens is 507 g/mol. The summed E-state index contributed by atoms with van der Waals surface area (Å²) in [6, 6.07) is 0. The molecule has 0 unspecified atom stereocenters. The fourth-order valence-corrected chi connectivity index (χ4v) is 5.61. The van der Waals surface area contributed by atoms with Crippen LogP contribution in [0.25, 0.3) is 11.1 Å². The van der Waals surface area contributed by atoms with Crippen LogP contribution in [0.15, 0.2) is 0 Å². The predicted octanol–water partition coefficient (Wildman–Crippen LogP) is -13.3. The van der Waals surface area contributed by atoms with Crippen molar-refractivity contribution in [3.05, 3.63) is 11.4 Å². The van der Waals surface area contributed by atoms with Crippen LogP contribution in [-0.4, -0.2) is 119 Å². The van der Waals surface area contributed by atoms with Gasteiger partial charge >= 0.3 is 6.36 Å². The predicted molar refractivity (Wildman–Crippen MR) is 183 cm³/mol. The summed E-state index contributed by atoms with van der Waals surface area (Å²) in [5, 5.41) is 0. The fourth-order valence-electron chi connectivity index (χ4n) is 5.61. The Morgan fingerprint density at radius 1 is 0.725 bits per heavy atom. The van der Waals surface area contributed by atoms with Crippen molar-refractivity contribution in [2.45, 2.75) is 12.9 Å². The van der Waals surface area contributed by atoms with Crippen LogP contribution in [0.5, 0.6) is 11.5 Å². The number of amides is 1. The summed E-state index contributed by atoms with van der Waals surface area (Å²) in [6.45, 7) is 0.933. The summed E-state index contributed by atoms with van der Waals surface area (Å²) in [5.74, 6) is 0.749. The molecule has 0 N–H and O–H groups in total. The van der Waals surface area contributed by atoms with Crippen LogP contribution in [-0.2, 0) is 6.54 Å². The van der Waals surface area contributed by atoms with E-state index < -0.39 is 6.36 Å². The summed E-state index contributed by atoms with van der Waals surface area (Å²) in [4.78, 5) is 25.0. The Morgan fingerprint density at radius 2 is 1.23 bits per heavy atom. The second-order valence-electron chi connectivity index (χ2n) is 10.7. The summed E-state index contributed by atoms with van der Waals surface area (Å²) in [5.41, 5.74) is 9.50. The first-order valence-electron chi connectivity index (χ1n) is 13.3. The molecule has 1 aromatic heterocycles. The average molecular weight is 534 g/mol. The van der Waals surface area contributed by atoms with Crippen molar-refractivity contribution in [2.75, 3.05) is 13.2 Å². The number of carbonyl (C=O) groups excluding carboxylic acids is 1. The third kappa shape index (κ3) is 5.23. The van der Waals surface area contributed by atoms with Crippen molar-refractivity contribution in [3.63, 3.8) is 0 Å². The van der Waals surface area contributed by atoms with Crippen molar-refractivity contribution < 1.29 is 27.4 Å². The highest BCUT2D eigenvalue weighted by Gasteiger charge is 2.35. The second-order valence-corrected chi connectivity index (χ2v) is 10.7. The molecule has 1 aliphatic heterocycles. The van der Waals surface area contributed by atoms with Gasteiger partial charge in [0.2, 0.25) is 0 Å². The molecule has 2 heterocycles. The standard InChI is InChI=1S/C21H26B10F3N3O3/c22-8-5(6-10(24)13(27)17(14(28)11(6)25)40-21(32,33)34)9(23)12(26)16-7(8)20(38)37(1-2-39-16)3-4-35-18(30)15(29)19(31)36-4/h1-3,22-31H2. The molecule has 3 aromatic rings. The van der Waals surface area contributed by atoms with E-state index in [2.05, 4.69) is 14.7 Å². The molecule has 1 amide bonds. The van der Waals surface area contributed by atoms with Gasteiger partial charge in [-0.25, -0.2) is 9.97 Å².